The van der Waals surface area contributed by atoms with Crippen LogP contribution in [0, 0.1) is 0 Å². The lowest BCUT2D eigenvalue weighted by Gasteiger charge is -2.10. The van der Waals surface area contributed by atoms with Gasteiger partial charge in [0.25, 0.3) is 0 Å². The molecule has 0 bridgehead atoms. The predicted molar refractivity (Wildman–Crippen MR) is 60.1 cm³/mol. The zero-order valence-electron chi connectivity index (χ0n) is 7.84. The van der Waals surface area contributed by atoms with Crippen LogP contribution in [0.15, 0.2) is 11.8 Å². The maximum atomic E-state index is 11.3. The van der Waals surface area contributed by atoms with Gasteiger partial charge in [0.05, 0.1) is 12.2 Å². The van der Waals surface area contributed by atoms with Crippen molar-refractivity contribution in [1.82, 2.24) is 5.43 Å². The molecule has 0 aliphatic rings. The van der Waals surface area contributed by atoms with Crippen LogP contribution in [0.1, 0.15) is 20.3 Å². The number of nitrogens with one attached hydrogen (secondary N) is 1. The normalized spacial score (nSPS) is 13.7. The largest absolute Gasteiger partial charge is 0.463 e. The molecule has 0 heterocycles. The van der Waals surface area contributed by atoms with Crippen LogP contribution in [0.25, 0.3) is 0 Å². The second kappa shape index (κ2) is 7.14. The van der Waals surface area contributed by atoms with E-state index in [1.807, 2.05) is 6.92 Å². The minimum Gasteiger partial charge on any atom is -0.463 e. The highest BCUT2D eigenvalue weighted by molar-refractivity contribution is 14.1. The molecule has 3 N–H and O–H groups in total. The Morgan fingerprint density at radius 2 is 2.31 bits per heavy atom. The van der Waals surface area contributed by atoms with Crippen molar-refractivity contribution in [3.63, 3.8) is 0 Å². The summed E-state index contributed by atoms with van der Waals surface area (Å²) in [5.41, 5.74) is 2.93. The smallest absolute Gasteiger partial charge is 0.336 e. The Morgan fingerprint density at radius 3 is 2.69 bits per heavy atom. The third-order valence-corrected chi connectivity index (χ3v) is 3.00. The van der Waals surface area contributed by atoms with Gasteiger partial charge >= 0.3 is 5.97 Å². The monoisotopic (exact) mass is 298 g/mol. The van der Waals surface area contributed by atoms with E-state index in [4.69, 9.17) is 10.6 Å². The highest BCUT2D eigenvalue weighted by atomic mass is 127. The van der Waals surface area contributed by atoms with Crippen molar-refractivity contribution in [3.8, 4) is 0 Å². The van der Waals surface area contributed by atoms with Gasteiger partial charge in [-0.3, -0.25) is 5.84 Å². The van der Waals surface area contributed by atoms with E-state index in [1.165, 1.54) is 6.20 Å². The molecule has 0 radical (unpaired) electrons. The molecule has 0 aromatic heterocycles. The zero-order valence-corrected chi connectivity index (χ0v) is 10.00. The Balaban J connectivity index is 4.42. The highest BCUT2D eigenvalue weighted by Gasteiger charge is 2.17. The topological polar surface area (TPSA) is 64.3 Å². The van der Waals surface area contributed by atoms with Gasteiger partial charge in [0.2, 0.25) is 0 Å². The summed E-state index contributed by atoms with van der Waals surface area (Å²) in [6.45, 7) is 4.16. The van der Waals surface area contributed by atoms with E-state index in [1.54, 1.807) is 6.92 Å². The number of carbonyl (C=O) groups is 1. The summed E-state index contributed by atoms with van der Waals surface area (Å²) in [7, 11) is 0. The van der Waals surface area contributed by atoms with Crippen molar-refractivity contribution in [3.05, 3.63) is 11.8 Å². The van der Waals surface area contributed by atoms with E-state index in [9.17, 15) is 4.79 Å². The summed E-state index contributed by atoms with van der Waals surface area (Å²) < 4.78 is 5.00. The molecular formula is C8H15IN2O2. The zero-order chi connectivity index (χ0) is 10.3. The first-order valence-corrected chi connectivity index (χ1v) is 5.39. The summed E-state index contributed by atoms with van der Waals surface area (Å²) in [6.07, 6.45) is 2.35. The summed E-state index contributed by atoms with van der Waals surface area (Å²) in [6, 6.07) is 0. The number of nitrogens with two attached hydrogens (primary N) is 1. The van der Waals surface area contributed by atoms with Crippen molar-refractivity contribution in [2.45, 2.75) is 24.2 Å². The predicted octanol–water partition coefficient (Wildman–Crippen LogP) is 1.11. The number of rotatable bonds is 5. The van der Waals surface area contributed by atoms with E-state index >= 15 is 0 Å². The molecular weight excluding hydrogens is 283 g/mol. The molecule has 0 saturated carbocycles. The van der Waals surface area contributed by atoms with Gasteiger partial charge in [-0.25, -0.2) is 4.79 Å². The van der Waals surface area contributed by atoms with Crippen molar-refractivity contribution in [2.75, 3.05) is 6.61 Å². The number of hydrogen-bond acceptors (Lipinski definition) is 4. The van der Waals surface area contributed by atoms with Crippen molar-refractivity contribution < 1.29 is 9.53 Å². The molecule has 0 aromatic rings. The van der Waals surface area contributed by atoms with Gasteiger partial charge in [-0.2, -0.15) is 0 Å². The van der Waals surface area contributed by atoms with Gasteiger partial charge in [-0.15, -0.1) is 0 Å². The van der Waals surface area contributed by atoms with E-state index in [-0.39, 0.29) is 9.89 Å². The van der Waals surface area contributed by atoms with Gasteiger partial charge < -0.3 is 10.2 Å². The number of esters is 1. The van der Waals surface area contributed by atoms with Crippen LogP contribution in [0.4, 0.5) is 0 Å². The molecule has 1 unspecified atom stereocenters. The maximum absolute atomic E-state index is 11.3. The molecule has 4 nitrogen and oxygen atoms in total. The lowest BCUT2D eigenvalue weighted by atomic mass is 10.2. The van der Waals surface area contributed by atoms with Gasteiger partial charge in [0.15, 0.2) is 0 Å². The molecule has 0 saturated heterocycles. The first-order valence-electron chi connectivity index (χ1n) is 4.14. The molecule has 0 amide bonds. The summed E-state index contributed by atoms with van der Waals surface area (Å²) in [4.78, 5) is 11.3. The molecule has 0 spiro atoms. The highest BCUT2D eigenvalue weighted by Crippen LogP contribution is 2.17. The molecule has 0 fully saturated rings. The Morgan fingerprint density at radius 1 is 1.69 bits per heavy atom. The van der Waals surface area contributed by atoms with E-state index in [0.29, 0.717) is 12.2 Å². The Labute approximate surface area is 92.0 Å². The first kappa shape index (κ1) is 12.7. The summed E-state index contributed by atoms with van der Waals surface area (Å²) in [5, 5.41) is 0. The van der Waals surface area contributed by atoms with Crippen molar-refractivity contribution in [1.29, 1.82) is 0 Å². The number of halogens is 1. The number of alkyl halides is 1. The minimum atomic E-state index is -0.304. The molecule has 5 heteroatoms. The van der Waals surface area contributed by atoms with Gasteiger partial charge in [0, 0.05) is 10.1 Å². The van der Waals surface area contributed by atoms with E-state index < -0.39 is 0 Å². The Bertz CT molecular complexity index is 195. The number of hydrogen-bond donors (Lipinski definition) is 2. The number of hydrazine groups is 1. The standard InChI is InChI=1S/C8H15IN2O2/c1-3-7(9)6(5-11-10)8(12)13-4-2/h5,7,11H,3-4,10H2,1-2H3/b6-5+. The minimum absolute atomic E-state index is 0.132. The second-order valence-electron chi connectivity index (χ2n) is 2.36. The average molecular weight is 298 g/mol. The first-order chi connectivity index (χ1) is 6.17. The van der Waals surface area contributed by atoms with Crippen molar-refractivity contribution in [2.24, 2.45) is 5.84 Å². The summed E-state index contributed by atoms with van der Waals surface area (Å²) >= 11 is 2.18. The Hall–Kier alpha value is -0.300. The van der Waals surface area contributed by atoms with Crippen LogP contribution in [0.2, 0.25) is 0 Å². The Kier molecular flexibility index (Phi) is 6.97. The van der Waals surface area contributed by atoms with Crippen LogP contribution in [-0.4, -0.2) is 16.5 Å². The molecule has 1 atom stereocenters. The van der Waals surface area contributed by atoms with Crippen molar-refractivity contribution >= 4 is 28.6 Å². The molecule has 0 aliphatic heterocycles. The molecule has 0 rings (SSSR count). The van der Waals surface area contributed by atoms with Crippen LogP contribution >= 0.6 is 22.6 Å². The molecule has 13 heavy (non-hydrogen) atoms. The fourth-order valence-corrected chi connectivity index (χ4v) is 1.24. The van der Waals surface area contributed by atoms with E-state index in [2.05, 4.69) is 28.0 Å². The molecule has 0 aliphatic carbocycles. The van der Waals surface area contributed by atoms with Crippen LogP contribution in [0.5, 0.6) is 0 Å². The van der Waals surface area contributed by atoms with Gasteiger partial charge in [0.1, 0.15) is 0 Å². The van der Waals surface area contributed by atoms with Crippen LogP contribution < -0.4 is 11.3 Å². The molecule has 76 valence electrons. The lowest BCUT2D eigenvalue weighted by Crippen LogP contribution is -2.22. The van der Waals surface area contributed by atoms with E-state index in [0.717, 1.165) is 6.42 Å². The third-order valence-electron chi connectivity index (χ3n) is 1.45. The summed E-state index contributed by atoms with van der Waals surface area (Å²) in [5.74, 6) is 4.81. The second-order valence-corrected chi connectivity index (χ2v) is 3.87. The van der Waals surface area contributed by atoms with Crippen LogP contribution in [-0.2, 0) is 9.53 Å². The average Bonchev–Trinajstić information content (AvgIpc) is 2.13. The quantitative estimate of drug-likeness (QED) is 0.199. The maximum Gasteiger partial charge on any atom is 0.336 e. The third kappa shape index (κ3) is 4.47. The van der Waals surface area contributed by atoms with Gasteiger partial charge in [-0.05, 0) is 13.3 Å². The number of ether oxygens (including phenoxy) is 1. The molecule has 0 aromatic carbocycles. The lowest BCUT2D eigenvalue weighted by molar-refractivity contribution is -0.138. The van der Waals surface area contributed by atoms with Crippen LogP contribution in [0.3, 0.4) is 0 Å². The fourth-order valence-electron chi connectivity index (χ4n) is 0.801. The number of carbonyl (C=O) groups excluding carboxylic acids is 1. The van der Waals surface area contributed by atoms with Gasteiger partial charge in [-0.1, -0.05) is 29.5 Å². The SMILES string of the molecule is CCOC(=O)/C(=C/NN)C(I)CC. The fraction of sp³-hybridized carbons (Fsp3) is 0.625.